The number of carbonyl (C=O) groups is 3. The zero-order valence-electron chi connectivity index (χ0n) is 19.7. The van der Waals surface area contributed by atoms with E-state index in [1.54, 1.807) is 45.9 Å². The number of nitrogens with one attached hydrogen (secondary N) is 2. The normalized spacial score (nSPS) is 12.3. The third kappa shape index (κ3) is 5.97. The van der Waals surface area contributed by atoms with Gasteiger partial charge in [0.25, 0.3) is 0 Å². The summed E-state index contributed by atoms with van der Waals surface area (Å²) in [5.74, 6) is -3.42. The van der Waals surface area contributed by atoms with Crippen molar-refractivity contribution in [2.45, 2.75) is 45.8 Å². The van der Waals surface area contributed by atoms with Crippen molar-refractivity contribution in [3.05, 3.63) is 69.9 Å². The van der Waals surface area contributed by atoms with Gasteiger partial charge in [-0.1, -0.05) is 23.7 Å². The third-order valence-corrected chi connectivity index (χ3v) is 5.35. The number of H-pyrrole nitrogens is 1. The van der Waals surface area contributed by atoms with Gasteiger partial charge >= 0.3 is 5.97 Å². The molecule has 0 bridgehead atoms. The fourth-order valence-corrected chi connectivity index (χ4v) is 3.94. The molecular weight excluding hydrogens is 480 g/mol. The molecule has 0 saturated heterocycles. The Morgan fingerprint density at radius 3 is 2.49 bits per heavy atom. The molecule has 2 N–H and O–H groups in total. The standard InChI is InChI=1S/C25H26ClF2N3O4/c1-5-35-24(34)21-20(16-8-7-15(26)11-19(16)29-21)22(23(33)30-25(2,3)4)31(13-32)12-14-6-9-17(27)18(28)10-14/h6-11,13,22,29H,5,12H2,1-4H3,(H,30,33). The molecule has 0 fully saturated rings. The molecule has 0 saturated carbocycles. The molecule has 3 aromatic rings. The molecule has 10 heteroatoms. The van der Waals surface area contributed by atoms with Gasteiger partial charge < -0.3 is 19.9 Å². The van der Waals surface area contributed by atoms with E-state index in [4.69, 9.17) is 16.3 Å². The average Bonchev–Trinajstić information content (AvgIpc) is 3.13. The maximum absolute atomic E-state index is 13.9. The fourth-order valence-electron chi connectivity index (χ4n) is 3.76. The van der Waals surface area contributed by atoms with E-state index in [1.807, 2.05) is 0 Å². The van der Waals surface area contributed by atoms with E-state index in [0.717, 1.165) is 17.0 Å². The number of aromatic amines is 1. The van der Waals surface area contributed by atoms with Crippen LogP contribution in [0.1, 0.15) is 55.4 Å². The summed E-state index contributed by atoms with van der Waals surface area (Å²) < 4.78 is 32.5. The van der Waals surface area contributed by atoms with Gasteiger partial charge in [-0.25, -0.2) is 13.6 Å². The molecule has 2 aromatic carbocycles. The number of halogens is 3. The van der Waals surface area contributed by atoms with Crippen molar-refractivity contribution in [1.29, 1.82) is 0 Å². The van der Waals surface area contributed by atoms with Crippen LogP contribution in [0.3, 0.4) is 0 Å². The number of carbonyl (C=O) groups excluding carboxylic acids is 3. The molecule has 1 heterocycles. The van der Waals surface area contributed by atoms with Gasteiger partial charge in [-0.3, -0.25) is 9.59 Å². The molecule has 0 radical (unpaired) electrons. The van der Waals surface area contributed by atoms with E-state index in [9.17, 15) is 23.2 Å². The number of fused-ring (bicyclic) bond motifs is 1. The van der Waals surface area contributed by atoms with E-state index >= 15 is 0 Å². The number of esters is 1. The van der Waals surface area contributed by atoms with E-state index in [-0.39, 0.29) is 30.0 Å². The summed E-state index contributed by atoms with van der Waals surface area (Å²) in [4.78, 5) is 42.8. The van der Waals surface area contributed by atoms with Crippen LogP contribution < -0.4 is 5.32 Å². The predicted molar refractivity (Wildman–Crippen MR) is 128 cm³/mol. The molecule has 35 heavy (non-hydrogen) atoms. The van der Waals surface area contributed by atoms with Gasteiger partial charge in [-0.05, 0) is 57.5 Å². The van der Waals surface area contributed by atoms with Crippen LogP contribution in [0.5, 0.6) is 0 Å². The number of hydrogen-bond donors (Lipinski definition) is 2. The van der Waals surface area contributed by atoms with Crippen LogP contribution in [-0.4, -0.2) is 40.3 Å². The first-order valence-electron chi connectivity index (χ1n) is 10.9. The summed E-state index contributed by atoms with van der Waals surface area (Å²) in [5, 5.41) is 3.71. The van der Waals surface area contributed by atoms with Crippen LogP contribution in [0.15, 0.2) is 36.4 Å². The number of amides is 2. The van der Waals surface area contributed by atoms with Crippen molar-refractivity contribution in [1.82, 2.24) is 15.2 Å². The molecule has 1 atom stereocenters. The second kappa shape index (κ2) is 10.4. The maximum atomic E-state index is 13.9. The summed E-state index contributed by atoms with van der Waals surface area (Å²) in [7, 11) is 0. The molecule has 2 amide bonds. The lowest BCUT2D eigenvalue weighted by atomic mass is 9.98. The van der Waals surface area contributed by atoms with Crippen LogP contribution in [0.2, 0.25) is 5.02 Å². The minimum absolute atomic E-state index is 0.0182. The highest BCUT2D eigenvalue weighted by Gasteiger charge is 2.36. The number of rotatable bonds is 8. The first kappa shape index (κ1) is 26.2. The Hall–Kier alpha value is -3.46. The number of benzene rings is 2. The van der Waals surface area contributed by atoms with Gasteiger partial charge in [0, 0.05) is 33.6 Å². The van der Waals surface area contributed by atoms with Gasteiger partial charge in [-0.2, -0.15) is 0 Å². The highest BCUT2D eigenvalue weighted by Crippen LogP contribution is 2.35. The Morgan fingerprint density at radius 2 is 1.89 bits per heavy atom. The summed E-state index contributed by atoms with van der Waals surface area (Å²) in [5.41, 5.74) is 0.223. The molecule has 1 unspecified atom stereocenters. The van der Waals surface area contributed by atoms with Crippen molar-refractivity contribution in [3.63, 3.8) is 0 Å². The Kier molecular flexibility index (Phi) is 7.80. The minimum atomic E-state index is -1.31. The van der Waals surface area contributed by atoms with Gasteiger partial charge in [0.1, 0.15) is 11.7 Å². The molecule has 0 spiro atoms. The lowest BCUT2D eigenvalue weighted by Crippen LogP contribution is -2.47. The monoisotopic (exact) mass is 505 g/mol. The molecular formula is C25H26ClF2N3O4. The van der Waals surface area contributed by atoms with Gasteiger partial charge in [0.05, 0.1) is 6.61 Å². The maximum Gasteiger partial charge on any atom is 0.355 e. The Morgan fingerprint density at radius 1 is 1.17 bits per heavy atom. The minimum Gasteiger partial charge on any atom is -0.461 e. The largest absolute Gasteiger partial charge is 0.461 e. The second-order valence-electron chi connectivity index (χ2n) is 8.99. The number of nitrogens with zero attached hydrogens (tertiary/aromatic N) is 1. The lowest BCUT2D eigenvalue weighted by Gasteiger charge is -2.31. The van der Waals surface area contributed by atoms with Crippen LogP contribution in [-0.2, 0) is 20.9 Å². The lowest BCUT2D eigenvalue weighted by molar-refractivity contribution is -0.134. The molecule has 0 aliphatic heterocycles. The van der Waals surface area contributed by atoms with Crippen LogP contribution >= 0.6 is 11.6 Å². The van der Waals surface area contributed by atoms with Crippen LogP contribution in [0.4, 0.5) is 8.78 Å². The van der Waals surface area contributed by atoms with Crippen molar-refractivity contribution in [2.75, 3.05) is 6.61 Å². The molecule has 186 valence electrons. The van der Waals surface area contributed by atoms with Crippen molar-refractivity contribution in [2.24, 2.45) is 0 Å². The molecule has 3 rings (SSSR count). The second-order valence-corrected chi connectivity index (χ2v) is 9.43. The first-order chi connectivity index (χ1) is 16.4. The first-order valence-corrected chi connectivity index (χ1v) is 11.3. The van der Waals surface area contributed by atoms with E-state index in [2.05, 4.69) is 10.3 Å². The highest BCUT2D eigenvalue weighted by molar-refractivity contribution is 6.31. The topological polar surface area (TPSA) is 91.5 Å². The van der Waals surface area contributed by atoms with Crippen molar-refractivity contribution >= 4 is 40.8 Å². The third-order valence-electron chi connectivity index (χ3n) is 5.12. The summed E-state index contributed by atoms with van der Waals surface area (Å²) in [6, 6.07) is 6.70. The van der Waals surface area contributed by atoms with Gasteiger partial charge in [0.15, 0.2) is 11.6 Å². The molecule has 7 nitrogen and oxygen atoms in total. The quantitative estimate of drug-likeness (QED) is 0.337. The summed E-state index contributed by atoms with van der Waals surface area (Å²) in [6.07, 6.45) is 0.428. The van der Waals surface area contributed by atoms with Crippen LogP contribution in [0.25, 0.3) is 10.9 Å². The van der Waals surface area contributed by atoms with Crippen molar-refractivity contribution in [3.8, 4) is 0 Å². The Balaban J connectivity index is 2.22. The smallest absolute Gasteiger partial charge is 0.355 e. The molecule has 1 aromatic heterocycles. The molecule has 0 aliphatic carbocycles. The fraction of sp³-hybridized carbons (Fsp3) is 0.320. The predicted octanol–water partition coefficient (Wildman–Crippen LogP) is 4.89. The highest BCUT2D eigenvalue weighted by atomic mass is 35.5. The number of hydrogen-bond acceptors (Lipinski definition) is 4. The zero-order valence-corrected chi connectivity index (χ0v) is 20.5. The number of ether oxygens (including phenoxy) is 1. The Bertz CT molecular complexity index is 1270. The summed E-state index contributed by atoms with van der Waals surface area (Å²) in [6.45, 7) is 6.80. The SMILES string of the molecule is CCOC(=O)c1[nH]c2cc(Cl)ccc2c1C(C(=O)NC(C)(C)C)N(C=O)Cc1ccc(F)c(F)c1. The van der Waals surface area contributed by atoms with Gasteiger partial charge in [-0.15, -0.1) is 0 Å². The van der Waals surface area contributed by atoms with Crippen molar-refractivity contribution < 1.29 is 27.9 Å². The van der Waals surface area contributed by atoms with E-state index < -0.39 is 35.1 Å². The number of aromatic nitrogens is 1. The van der Waals surface area contributed by atoms with E-state index in [1.165, 1.54) is 6.07 Å². The molecule has 0 aliphatic rings. The average molecular weight is 506 g/mol. The zero-order chi connectivity index (χ0) is 25.9. The van der Waals surface area contributed by atoms with E-state index in [0.29, 0.717) is 22.3 Å². The van der Waals surface area contributed by atoms with Gasteiger partial charge in [0.2, 0.25) is 12.3 Å². The summed E-state index contributed by atoms with van der Waals surface area (Å²) >= 11 is 6.13. The Labute approximate surface area is 206 Å². The van der Waals surface area contributed by atoms with Crippen LogP contribution in [0, 0.1) is 11.6 Å².